The van der Waals surface area contributed by atoms with Gasteiger partial charge in [-0.3, -0.25) is 0 Å². The molecule has 0 aromatic heterocycles. The quantitative estimate of drug-likeness (QED) is 0.657. The molecule has 1 unspecified atom stereocenters. The van der Waals surface area contributed by atoms with Gasteiger partial charge < -0.3 is 10.5 Å². The number of carbonyl (C=O) groups excluding carboxylic acids is 1. The van der Waals surface area contributed by atoms with E-state index in [4.69, 9.17) is 10.5 Å². The standard InChI is InChI=1S/C15H21NO2/c1-10(2)14(17)18-11(3)12-8-6-7-9-13(12)15(4,5)16/h6-9,11H,1,16H2,2-5H3. The Morgan fingerprint density at radius 2 is 1.94 bits per heavy atom. The van der Waals surface area contributed by atoms with Crippen molar-refractivity contribution in [1.82, 2.24) is 0 Å². The zero-order chi connectivity index (χ0) is 13.9. The van der Waals surface area contributed by atoms with Gasteiger partial charge in [0.1, 0.15) is 6.10 Å². The van der Waals surface area contributed by atoms with Crippen molar-refractivity contribution < 1.29 is 9.53 Å². The fraction of sp³-hybridized carbons (Fsp3) is 0.400. The first kappa shape index (κ1) is 14.5. The third-order valence-electron chi connectivity index (χ3n) is 2.73. The van der Waals surface area contributed by atoms with Crippen molar-refractivity contribution in [3.8, 4) is 0 Å². The zero-order valence-electron chi connectivity index (χ0n) is 11.5. The van der Waals surface area contributed by atoms with Crippen molar-refractivity contribution in [1.29, 1.82) is 0 Å². The summed E-state index contributed by atoms with van der Waals surface area (Å²) in [6, 6.07) is 7.73. The summed E-state index contributed by atoms with van der Waals surface area (Å²) in [6.07, 6.45) is -0.340. The van der Waals surface area contributed by atoms with Gasteiger partial charge in [0.05, 0.1) is 0 Å². The van der Waals surface area contributed by atoms with Gasteiger partial charge in [-0.2, -0.15) is 0 Å². The Morgan fingerprint density at radius 3 is 2.44 bits per heavy atom. The first-order valence-electron chi connectivity index (χ1n) is 5.98. The lowest BCUT2D eigenvalue weighted by Crippen LogP contribution is -2.30. The van der Waals surface area contributed by atoms with Crippen LogP contribution in [0.5, 0.6) is 0 Å². The van der Waals surface area contributed by atoms with Crippen LogP contribution >= 0.6 is 0 Å². The molecule has 0 heterocycles. The number of hydrogen-bond acceptors (Lipinski definition) is 3. The highest BCUT2D eigenvalue weighted by Crippen LogP contribution is 2.28. The number of carbonyl (C=O) groups is 1. The van der Waals surface area contributed by atoms with Gasteiger partial charge in [-0.05, 0) is 38.8 Å². The van der Waals surface area contributed by atoms with E-state index in [1.54, 1.807) is 6.92 Å². The number of ether oxygens (including phenoxy) is 1. The Labute approximate surface area is 109 Å². The fourth-order valence-corrected chi connectivity index (χ4v) is 1.76. The summed E-state index contributed by atoms with van der Waals surface area (Å²) in [5, 5.41) is 0. The Bertz CT molecular complexity index is 458. The van der Waals surface area contributed by atoms with E-state index in [1.807, 2.05) is 45.0 Å². The van der Waals surface area contributed by atoms with Gasteiger partial charge in [0.2, 0.25) is 0 Å². The van der Waals surface area contributed by atoms with Crippen LogP contribution in [0.15, 0.2) is 36.4 Å². The molecule has 0 saturated carbocycles. The second-order valence-electron chi connectivity index (χ2n) is 5.14. The van der Waals surface area contributed by atoms with Crippen LogP contribution < -0.4 is 5.73 Å². The summed E-state index contributed by atoms with van der Waals surface area (Å²) in [5.41, 5.74) is 7.96. The summed E-state index contributed by atoms with van der Waals surface area (Å²) in [7, 11) is 0. The van der Waals surface area contributed by atoms with Gasteiger partial charge in [0.25, 0.3) is 0 Å². The molecule has 2 N–H and O–H groups in total. The lowest BCUT2D eigenvalue weighted by atomic mass is 9.89. The Balaban J connectivity index is 3.03. The second kappa shape index (κ2) is 5.36. The molecule has 0 saturated heterocycles. The van der Waals surface area contributed by atoms with E-state index >= 15 is 0 Å². The van der Waals surface area contributed by atoms with E-state index < -0.39 is 5.54 Å². The molecule has 1 rings (SSSR count). The summed E-state index contributed by atoms with van der Waals surface area (Å²) in [4.78, 5) is 11.5. The molecule has 0 aliphatic heterocycles. The molecule has 0 aliphatic rings. The van der Waals surface area contributed by atoms with Crippen LogP contribution in [0, 0.1) is 0 Å². The highest BCUT2D eigenvalue weighted by molar-refractivity contribution is 5.87. The van der Waals surface area contributed by atoms with Crippen molar-refractivity contribution in [3.63, 3.8) is 0 Å². The normalized spacial score (nSPS) is 12.9. The van der Waals surface area contributed by atoms with E-state index in [9.17, 15) is 4.79 Å². The third-order valence-corrected chi connectivity index (χ3v) is 2.73. The van der Waals surface area contributed by atoms with E-state index in [0.717, 1.165) is 11.1 Å². The lowest BCUT2D eigenvalue weighted by Gasteiger charge is -2.25. The van der Waals surface area contributed by atoms with Crippen LogP contribution in [-0.2, 0) is 15.1 Å². The first-order valence-corrected chi connectivity index (χ1v) is 5.98. The molecule has 0 aliphatic carbocycles. The molecule has 3 nitrogen and oxygen atoms in total. The maximum atomic E-state index is 11.5. The van der Waals surface area contributed by atoms with Crippen LogP contribution in [0.3, 0.4) is 0 Å². The highest BCUT2D eigenvalue weighted by Gasteiger charge is 2.22. The van der Waals surface area contributed by atoms with Crippen LogP contribution in [0.1, 0.15) is 44.9 Å². The summed E-state index contributed by atoms with van der Waals surface area (Å²) >= 11 is 0. The molecule has 0 amide bonds. The van der Waals surface area contributed by atoms with E-state index in [-0.39, 0.29) is 12.1 Å². The Hall–Kier alpha value is -1.61. The van der Waals surface area contributed by atoms with Crippen molar-refractivity contribution in [2.24, 2.45) is 5.73 Å². The van der Waals surface area contributed by atoms with E-state index in [2.05, 4.69) is 6.58 Å². The topological polar surface area (TPSA) is 52.3 Å². The molecular formula is C15H21NO2. The molecule has 98 valence electrons. The number of nitrogens with two attached hydrogens (primary N) is 1. The molecule has 0 spiro atoms. The molecule has 1 aromatic carbocycles. The van der Waals surface area contributed by atoms with Gasteiger partial charge in [-0.15, -0.1) is 0 Å². The molecule has 3 heteroatoms. The number of esters is 1. The summed E-state index contributed by atoms with van der Waals surface area (Å²) in [5.74, 6) is -0.382. The van der Waals surface area contributed by atoms with Crippen LogP contribution in [0.25, 0.3) is 0 Å². The smallest absolute Gasteiger partial charge is 0.333 e. The zero-order valence-corrected chi connectivity index (χ0v) is 11.5. The first-order chi connectivity index (χ1) is 8.23. The lowest BCUT2D eigenvalue weighted by molar-refractivity contribution is -0.143. The summed E-state index contributed by atoms with van der Waals surface area (Å²) < 4.78 is 5.34. The Morgan fingerprint density at radius 1 is 1.39 bits per heavy atom. The molecule has 0 fully saturated rings. The maximum absolute atomic E-state index is 11.5. The highest BCUT2D eigenvalue weighted by atomic mass is 16.5. The monoisotopic (exact) mass is 247 g/mol. The van der Waals surface area contributed by atoms with Crippen LogP contribution in [0.2, 0.25) is 0 Å². The molecule has 18 heavy (non-hydrogen) atoms. The fourth-order valence-electron chi connectivity index (χ4n) is 1.76. The largest absolute Gasteiger partial charge is 0.454 e. The minimum Gasteiger partial charge on any atom is -0.454 e. The van der Waals surface area contributed by atoms with E-state index in [1.165, 1.54) is 0 Å². The molecule has 1 atom stereocenters. The third kappa shape index (κ3) is 3.44. The second-order valence-corrected chi connectivity index (χ2v) is 5.14. The van der Waals surface area contributed by atoms with Crippen molar-refractivity contribution in [3.05, 3.63) is 47.5 Å². The van der Waals surface area contributed by atoms with Gasteiger partial charge >= 0.3 is 5.97 Å². The molecule has 1 aromatic rings. The van der Waals surface area contributed by atoms with Gasteiger partial charge in [0.15, 0.2) is 0 Å². The Kier molecular flexibility index (Phi) is 4.30. The number of hydrogen-bond donors (Lipinski definition) is 1. The predicted molar refractivity (Wildman–Crippen MR) is 73.0 cm³/mol. The van der Waals surface area contributed by atoms with Crippen LogP contribution in [-0.4, -0.2) is 5.97 Å². The van der Waals surface area contributed by atoms with Gasteiger partial charge in [0, 0.05) is 11.1 Å². The average molecular weight is 247 g/mol. The minimum atomic E-state index is -0.472. The molecule has 0 radical (unpaired) electrons. The maximum Gasteiger partial charge on any atom is 0.333 e. The van der Waals surface area contributed by atoms with Gasteiger partial charge in [-0.25, -0.2) is 4.79 Å². The van der Waals surface area contributed by atoms with Crippen molar-refractivity contribution in [2.75, 3.05) is 0 Å². The minimum absolute atomic E-state index is 0.340. The van der Waals surface area contributed by atoms with Crippen LogP contribution in [0.4, 0.5) is 0 Å². The van der Waals surface area contributed by atoms with Crippen molar-refractivity contribution >= 4 is 5.97 Å². The molecular weight excluding hydrogens is 226 g/mol. The SMILES string of the molecule is C=C(C)C(=O)OC(C)c1ccccc1C(C)(C)N. The predicted octanol–water partition coefficient (Wildman–Crippen LogP) is 3.06. The summed E-state index contributed by atoms with van der Waals surface area (Å²) in [6.45, 7) is 10.9. The van der Waals surface area contributed by atoms with Gasteiger partial charge in [-0.1, -0.05) is 30.8 Å². The number of rotatable bonds is 4. The molecule has 0 bridgehead atoms. The van der Waals surface area contributed by atoms with E-state index in [0.29, 0.717) is 5.57 Å². The van der Waals surface area contributed by atoms with Crippen molar-refractivity contribution in [2.45, 2.75) is 39.3 Å². The average Bonchev–Trinajstić information content (AvgIpc) is 2.27. The number of benzene rings is 1.